The molecule has 6 rings (SSSR count). The fourth-order valence-corrected chi connectivity index (χ4v) is 8.82. The van der Waals surface area contributed by atoms with Crippen LogP contribution in [0.15, 0.2) is 92.5 Å². The summed E-state index contributed by atoms with van der Waals surface area (Å²) in [5.41, 5.74) is 5.20. The van der Waals surface area contributed by atoms with Crippen molar-refractivity contribution in [2.75, 3.05) is 17.2 Å². The Labute approximate surface area is 259 Å². The van der Waals surface area contributed by atoms with Crippen LogP contribution in [0.25, 0.3) is 27.3 Å². The van der Waals surface area contributed by atoms with Crippen LogP contribution in [-0.4, -0.2) is 25.3 Å². The first-order valence-corrected chi connectivity index (χ1v) is 17.6. The van der Waals surface area contributed by atoms with Gasteiger partial charge < -0.3 is 9.32 Å². The first kappa shape index (κ1) is 29.9. The second-order valence-electron chi connectivity index (χ2n) is 11.8. The SMILES string of the molecule is CCN1/C(=C/C=C/C2=CC(=C/c3sc4ccc5occc5c4[n+]3CCCS(=O)(=O)O)/CC(C)(C)C2)Sc2ccc(F)cc21. The summed E-state index contributed by atoms with van der Waals surface area (Å²) in [5.74, 6) is -0.518. The molecule has 224 valence electrons. The summed E-state index contributed by atoms with van der Waals surface area (Å²) >= 11 is 3.32. The van der Waals surface area contributed by atoms with Gasteiger partial charge in [0.25, 0.3) is 15.1 Å². The molecule has 10 heteroatoms. The number of aromatic nitrogens is 1. The van der Waals surface area contributed by atoms with Crippen molar-refractivity contribution in [3.05, 3.63) is 94.0 Å². The van der Waals surface area contributed by atoms with Crippen LogP contribution in [0.1, 0.15) is 45.0 Å². The summed E-state index contributed by atoms with van der Waals surface area (Å²) in [4.78, 5) is 3.20. The van der Waals surface area contributed by atoms with Gasteiger partial charge in [-0.15, -0.1) is 0 Å². The number of furan rings is 1. The molecule has 4 aromatic rings. The van der Waals surface area contributed by atoms with Gasteiger partial charge in [-0.2, -0.15) is 13.0 Å². The van der Waals surface area contributed by atoms with Crippen LogP contribution in [-0.2, 0) is 16.7 Å². The van der Waals surface area contributed by atoms with Gasteiger partial charge in [-0.1, -0.05) is 55.2 Å². The van der Waals surface area contributed by atoms with E-state index in [0.717, 1.165) is 61.2 Å². The van der Waals surface area contributed by atoms with Crippen molar-refractivity contribution in [2.45, 2.75) is 51.5 Å². The number of thiazole rings is 1. The molecule has 2 aromatic carbocycles. The van der Waals surface area contributed by atoms with Gasteiger partial charge in [0.2, 0.25) is 5.52 Å². The number of rotatable bonds is 8. The van der Waals surface area contributed by atoms with E-state index in [2.05, 4.69) is 60.6 Å². The molecule has 1 aliphatic carbocycles. The quantitative estimate of drug-likeness (QED) is 0.154. The van der Waals surface area contributed by atoms with Crippen molar-refractivity contribution in [2.24, 2.45) is 5.41 Å². The van der Waals surface area contributed by atoms with Crippen molar-refractivity contribution >= 4 is 66.2 Å². The first-order chi connectivity index (χ1) is 20.5. The van der Waals surface area contributed by atoms with Crippen molar-refractivity contribution in [3.8, 4) is 0 Å². The van der Waals surface area contributed by atoms with Crippen molar-refractivity contribution in [1.29, 1.82) is 0 Å². The van der Waals surface area contributed by atoms with E-state index >= 15 is 0 Å². The third kappa shape index (κ3) is 6.52. The lowest BCUT2D eigenvalue weighted by Gasteiger charge is -2.30. The molecule has 43 heavy (non-hydrogen) atoms. The molecule has 2 aliphatic rings. The van der Waals surface area contributed by atoms with Gasteiger partial charge in [-0.05, 0) is 78.8 Å². The number of fused-ring (bicyclic) bond motifs is 4. The molecule has 0 fully saturated rings. The topological polar surface area (TPSA) is 74.6 Å². The standard InChI is InChI=1S/C33H33FN2O4S3/c1-4-35-26-19-24(34)9-11-28(26)41-30(35)8-5-7-22-17-23(21-33(2,3)20-22)18-31-36(14-6-16-43(37,38)39)32-25-13-15-40-27(25)10-12-29(32)42-31/h5,7-13,15,17-19H,4,6,14,16,20-21H2,1-3H3/p+1. The normalized spacial score (nSPS) is 18.9. The Kier molecular flexibility index (Phi) is 8.14. The second kappa shape index (κ2) is 11.7. The Morgan fingerprint density at radius 3 is 2.81 bits per heavy atom. The molecule has 0 amide bonds. The number of benzene rings is 2. The molecule has 3 heterocycles. The van der Waals surface area contributed by atoms with Gasteiger partial charge in [-0.3, -0.25) is 4.55 Å². The predicted molar refractivity (Wildman–Crippen MR) is 174 cm³/mol. The van der Waals surface area contributed by atoms with E-state index in [1.165, 1.54) is 17.2 Å². The fourth-order valence-electron chi connectivity index (χ4n) is 6.03. The smallest absolute Gasteiger partial charge is 0.265 e. The maximum Gasteiger partial charge on any atom is 0.265 e. The largest absolute Gasteiger partial charge is 0.464 e. The fraction of sp³-hybridized carbons (Fsp3) is 0.303. The van der Waals surface area contributed by atoms with Crippen LogP contribution in [0.5, 0.6) is 0 Å². The number of hydrogen-bond acceptors (Lipinski definition) is 6. The lowest BCUT2D eigenvalue weighted by atomic mass is 9.75. The van der Waals surface area contributed by atoms with E-state index in [-0.39, 0.29) is 17.0 Å². The van der Waals surface area contributed by atoms with Crippen LogP contribution in [0, 0.1) is 11.2 Å². The Morgan fingerprint density at radius 2 is 2.02 bits per heavy atom. The molecule has 0 bridgehead atoms. The van der Waals surface area contributed by atoms with E-state index in [4.69, 9.17) is 4.42 Å². The first-order valence-electron chi connectivity index (χ1n) is 14.3. The zero-order valence-electron chi connectivity index (χ0n) is 24.3. The van der Waals surface area contributed by atoms with E-state index < -0.39 is 10.1 Å². The monoisotopic (exact) mass is 637 g/mol. The Hall–Kier alpha value is -3.18. The van der Waals surface area contributed by atoms with E-state index in [1.54, 1.807) is 35.4 Å². The lowest BCUT2D eigenvalue weighted by molar-refractivity contribution is -0.667. The highest BCUT2D eigenvalue weighted by Gasteiger charge is 2.28. The van der Waals surface area contributed by atoms with Crippen LogP contribution in [0.4, 0.5) is 10.1 Å². The van der Waals surface area contributed by atoms with Crippen LogP contribution >= 0.6 is 23.1 Å². The van der Waals surface area contributed by atoms with Crippen molar-refractivity contribution in [3.63, 3.8) is 0 Å². The van der Waals surface area contributed by atoms with Gasteiger partial charge >= 0.3 is 0 Å². The molecule has 2 aromatic heterocycles. The number of nitrogens with zero attached hydrogens (tertiary/aromatic N) is 2. The number of hydrogen-bond donors (Lipinski definition) is 1. The highest BCUT2D eigenvalue weighted by Crippen LogP contribution is 2.46. The Morgan fingerprint density at radius 1 is 1.19 bits per heavy atom. The maximum atomic E-state index is 13.9. The van der Waals surface area contributed by atoms with Gasteiger partial charge in [0.05, 0.1) is 28.1 Å². The summed E-state index contributed by atoms with van der Waals surface area (Å²) in [5, 5.41) is 3.09. The minimum atomic E-state index is -4.05. The number of aryl methyl sites for hydroxylation is 1. The molecular formula is C33H34FN2O4S3+. The maximum absolute atomic E-state index is 13.9. The van der Waals surface area contributed by atoms with Gasteiger partial charge in [0, 0.05) is 23.9 Å². The number of thioether (sulfide) groups is 1. The molecule has 0 radical (unpaired) electrons. The van der Waals surface area contributed by atoms with E-state index in [1.807, 2.05) is 24.3 Å². The summed E-state index contributed by atoms with van der Waals surface area (Å²) in [6.07, 6.45) is 14.6. The molecule has 0 atom stereocenters. The Balaban J connectivity index is 1.33. The van der Waals surface area contributed by atoms with Gasteiger partial charge in [0.15, 0.2) is 6.54 Å². The molecule has 0 saturated heterocycles. The average molecular weight is 638 g/mol. The summed E-state index contributed by atoms with van der Waals surface area (Å²) in [7, 11) is -4.05. The number of anilines is 1. The van der Waals surface area contributed by atoms with E-state index in [9.17, 15) is 17.4 Å². The van der Waals surface area contributed by atoms with E-state index in [0.29, 0.717) is 13.0 Å². The third-order valence-electron chi connectivity index (χ3n) is 7.71. The lowest BCUT2D eigenvalue weighted by Crippen LogP contribution is -2.36. The summed E-state index contributed by atoms with van der Waals surface area (Å²) in [6.45, 7) is 7.83. The van der Waals surface area contributed by atoms with Crippen LogP contribution in [0.2, 0.25) is 0 Å². The minimum absolute atomic E-state index is 0.0586. The molecule has 0 spiro atoms. The highest BCUT2D eigenvalue weighted by atomic mass is 32.2. The summed E-state index contributed by atoms with van der Waals surface area (Å²) < 4.78 is 55.1. The predicted octanol–water partition coefficient (Wildman–Crippen LogP) is 8.51. The number of allylic oxidation sites excluding steroid dienone is 6. The van der Waals surface area contributed by atoms with Crippen LogP contribution < -0.4 is 9.47 Å². The van der Waals surface area contributed by atoms with Crippen molar-refractivity contribution < 1.29 is 26.3 Å². The molecule has 1 aliphatic heterocycles. The molecular weight excluding hydrogens is 604 g/mol. The summed E-state index contributed by atoms with van der Waals surface area (Å²) in [6, 6.07) is 10.9. The average Bonchev–Trinajstić information content (AvgIpc) is 3.62. The van der Waals surface area contributed by atoms with Gasteiger partial charge in [-0.25, -0.2) is 4.39 Å². The second-order valence-corrected chi connectivity index (χ2v) is 15.5. The third-order valence-corrected chi connectivity index (χ3v) is 10.7. The molecule has 1 N–H and O–H groups in total. The minimum Gasteiger partial charge on any atom is -0.464 e. The van der Waals surface area contributed by atoms with Gasteiger partial charge in [0.1, 0.15) is 16.1 Å². The zero-order chi connectivity index (χ0) is 30.4. The molecule has 0 saturated carbocycles. The molecule has 6 nitrogen and oxygen atoms in total. The highest BCUT2D eigenvalue weighted by molar-refractivity contribution is 8.03. The van der Waals surface area contributed by atoms with Crippen LogP contribution in [0.3, 0.4) is 0 Å². The number of halogens is 1. The van der Waals surface area contributed by atoms with Crippen molar-refractivity contribution in [1.82, 2.24) is 0 Å². The zero-order valence-corrected chi connectivity index (χ0v) is 26.8. The Bertz CT molecular complexity index is 1950. The molecule has 0 unspecified atom stereocenters.